The van der Waals surface area contributed by atoms with E-state index in [2.05, 4.69) is 17.6 Å². The normalized spacial score (nSPS) is 17.8. The van der Waals surface area contributed by atoms with Crippen LogP contribution in [-0.2, 0) is 20.7 Å². The van der Waals surface area contributed by atoms with E-state index in [9.17, 15) is 24.6 Å². The predicted molar refractivity (Wildman–Crippen MR) is 153 cm³/mol. The first kappa shape index (κ1) is 30.8. The number of carbonyl (C=O) groups excluding carboxylic acids is 3. The topological polar surface area (TPSA) is 128 Å². The summed E-state index contributed by atoms with van der Waals surface area (Å²) in [6, 6.07) is 10.5. The maximum atomic E-state index is 14.4. The lowest BCUT2D eigenvalue weighted by molar-refractivity contribution is -0.143. The molecule has 0 spiro atoms. The number of hydrogen-bond donors (Lipinski definition) is 4. The van der Waals surface area contributed by atoms with E-state index in [1.165, 1.54) is 24.3 Å². The summed E-state index contributed by atoms with van der Waals surface area (Å²) in [5, 5.41) is 25.7. The minimum Gasteiger partial charge on any atom is -0.508 e. The molecule has 218 valence electrons. The molecule has 9 heteroatoms. The highest BCUT2D eigenvalue weighted by molar-refractivity contribution is 5.93. The van der Waals surface area contributed by atoms with Crippen LogP contribution >= 0.6 is 0 Å². The van der Waals surface area contributed by atoms with Crippen molar-refractivity contribution in [3.05, 3.63) is 59.7 Å². The van der Waals surface area contributed by atoms with Gasteiger partial charge in [0.15, 0.2) is 0 Å². The van der Waals surface area contributed by atoms with Gasteiger partial charge < -0.3 is 30.5 Å². The fourth-order valence-electron chi connectivity index (χ4n) is 4.69. The van der Waals surface area contributed by atoms with Crippen molar-refractivity contribution in [2.24, 2.45) is 5.92 Å². The van der Waals surface area contributed by atoms with Crippen LogP contribution < -0.4 is 10.6 Å². The summed E-state index contributed by atoms with van der Waals surface area (Å²) >= 11 is 0. The highest BCUT2D eigenvalue weighted by Gasteiger charge is 2.48. The van der Waals surface area contributed by atoms with Gasteiger partial charge >= 0.3 is 6.09 Å². The van der Waals surface area contributed by atoms with E-state index in [0.717, 1.165) is 19.3 Å². The number of carbonyl (C=O) groups is 3. The van der Waals surface area contributed by atoms with Crippen LogP contribution in [-0.4, -0.2) is 57.3 Å². The van der Waals surface area contributed by atoms with Gasteiger partial charge in [-0.1, -0.05) is 51.0 Å². The van der Waals surface area contributed by atoms with Crippen molar-refractivity contribution in [2.75, 3.05) is 6.54 Å². The lowest BCUT2D eigenvalue weighted by Crippen LogP contribution is -2.54. The Morgan fingerprint density at radius 3 is 2.30 bits per heavy atom. The van der Waals surface area contributed by atoms with Gasteiger partial charge in [0, 0.05) is 19.0 Å². The average Bonchev–Trinajstić information content (AvgIpc) is 3.60. The van der Waals surface area contributed by atoms with Crippen molar-refractivity contribution >= 4 is 17.9 Å². The standard InChI is InChI=1S/C31H43N3O6/c1-6-7-8-16-32-28(37)27(22-10-9-11-24(36)19-22)34(26-17-20(26)2)29(38)25(33-30(39)40-31(3,4)5)18-21-12-14-23(35)15-13-21/h9-15,19-20,25-27,35-36H,6-8,16-18H2,1-5H3,(H,32,37)(H,33,39). The number of rotatable bonds is 12. The number of benzene rings is 2. The van der Waals surface area contributed by atoms with Gasteiger partial charge in [-0.25, -0.2) is 4.79 Å². The summed E-state index contributed by atoms with van der Waals surface area (Å²) in [7, 11) is 0. The molecule has 4 N–H and O–H groups in total. The third-order valence-electron chi connectivity index (χ3n) is 6.84. The van der Waals surface area contributed by atoms with Crippen LogP contribution in [0.2, 0.25) is 0 Å². The van der Waals surface area contributed by atoms with Gasteiger partial charge in [-0.15, -0.1) is 0 Å². The van der Waals surface area contributed by atoms with E-state index in [1.807, 2.05) is 6.92 Å². The van der Waals surface area contributed by atoms with Crippen LogP contribution in [0.5, 0.6) is 11.5 Å². The van der Waals surface area contributed by atoms with Crippen LogP contribution in [0.15, 0.2) is 48.5 Å². The van der Waals surface area contributed by atoms with Crippen LogP contribution in [0.1, 0.15) is 77.5 Å². The summed E-state index contributed by atoms with van der Waals surface area (Å²) in [4.78, 5) is 42.5. The Kier molecular flexibility index (Phi) is 10.4. The quantitative estimate of drug-likeness (QED) is 0.279. The Balaban J connectivity index is 2.00. The fourth-order valence-corrected chi connectivity index (χ4v) is 4.69. The van der Waals surface area contributed by atoms with Crippen molar-refractivity contribution in [3.63, 3.8) is 0 Å². The molecule has 1 saturated carbocycles. The first-order valence-corrected chi connectivity index (χ1v) is 14.1. The maximum Gasteiger partial charge on any atom is 0.408 e. The number of nitrogens with one attached hydrogen (secondary N) is 2. The maximum absolute atomic E-state index is 14.4. The minimum atomic E-state index is -1.04. The van der Waals surface area contributed by atoms with E-state index < -0.39 is 29.7 Å². The molecule has 2 aromatic carbocycles. The Labute approximate surface area is 236 Å². The molecule has 40 heavy (non-hydrogen) atoms. The number of ether oxygens (including phenoxy) is 1. The number of alkyl carbamates (subject to hydrolysis) is 1. The Morgan fingerprint density at radius 1 is 1.05 bits per heavy atom. The second-order valence-corrected chi connectivity index (χ2v) is 11.6. The second-order valence-electron chi connectivity index (χ2n) is 11.6. The summed E-state index contributed by atoms with van der Waals surface area (Å²) in [6.45, 7) is 9.78. The smallest absolute Gasteiger partial charge is 0.408 e. The molecule has 3 amide bonds. The number of hydrogen-bond acceptors (Lipinski definition) is 6. The summed E-state index contributed by atoms with van der Waals surface area (Å²) in [5.74, 6) is -0.526. The number of unbranched alkanes of at least 4 members (excludes halogenated alkanes) is 2. The zero-order valence-electron chi connectivity index (χ0n) is 24.1. The second kappa shape index (κ2) is 13.5. The zero-order valence-corrected chi connectivity index (χ0v) is 24.1. The summed E-state index contributed by atoms with van der Waals surface area (Å²) in [6.07, 6.45) is 2.88. The Hall–Kier alpha value is -3.75. The third kappa shape index (κ3) is 8.89. The molecule has 1 aliphatic carbocycles. The Morgan fingerprint density at radius 2 is 1.73 bits per heavy atom. The van der Waals surface area contributed by atoms with Gasteiger partial charge in [0.05, 0.1) is 0 Å². The molecule has 0 bridgehead atoms. The van der Waals surface area contributed by atoms with Gasteiger partial charge in [-0.3, -0.25) is 9.59 Å². The molecule has 0 radical (unpaired) electrons. The number of nitrogens with zero attached hydrogens (tertiary/aromatic N) is 1. The van der Waals surface area contributed by atoms with Crippen LogP contribution in [0.25, 0.3) is 0 Å². The highest BCUT2D eigenvalue weighted by atomic mass is 16.6. The van der Waals surface area contributed by atoms with Gasteiger partial charge in [-0.05, 0) is 74.9 Å². The number of phenolic OH excluding ortho intramolecular Hbond substituents is 2. The molecule has 0 aliphatic heterocycles. The molecule has 9 nitrogen and oxygen atoms in total. The zero-order chi connectivity index (χ0) is 29.4. The van der Waals surface area contributed by atoms with Gasteiger partial charge in [0.2, 0.25) is 11.8 Å². The van der Waals surface area contributed by atoms with E-state index >= 15 is 0 Å². The largest absolute Gasteiger partial charge is 0.508 e. The molecule has 0 heterocycles. The van der Waals surface area contributed by atoms with Crippen LogP contribution in [0.3, 0.4) is 0 Å². The monoisotopic (exact) mass is 553 g/mol. The first-order valence-electron chi connectivity index (χ1n) is 14.1. The summed E-state index contributed by atoms with van der Waals surface area (Å²) < 4.78 is 5.46. The Bertz CT molecular complexity index is 1160. The van der Waals surface area contributed by atoms with Crippen molar-refractivity contribution in [1.82, 2.24) is 15.5 Å². The predicted octanol–water partition coefficient (Wildman–Crippen LogP) is 4.82. The van der Waals surface area contributed by atoms with Gasteiger partial charge in [0.1, 0.15) is 29.2 Å². The number of amides is 3. The van der Waals surface area contributed by atoms with E-state index in [-0.39, 0.29) is 35.8 Å². The van der Waals surface area contributed by atoms with Crippen molar-refractivity contribution in [2.45, 2.75) is 90.4 Å². The van der Waals surface area contributed by atoms with E-state index in [4.69, 9.17) is 4.74 Å². The van der Waals surface area contributed by atoms with E-state index in [0.29, 0.717) is 24.1 Å². The van der Waals surface area contributed by atoms with Crippen LogP contribution in [0.4, 0.5) is 4.79 Å². The molecule has 4 atom stereocenters. The van der Waals surface area contributed by atoms with Gasteiger partial charge in [-0.2, -0.15) is 0 Å². The van der Waals surface area contributed by atoms with Crippen molar-refractivity contribution in [3.8, 4) is 11.5 Å². The summed E-state index contributed by atoms with van der Waals surface area (Å²) in [5.41, 5.74) is 0.429. The molecule has 3 rings (SSSR count). The molecule has 0 saturated heterocycles. The lowest BCUT2D eigenvalue weighted by atomic mass is 9.99. The fraction of sp³-hybridized carbons (Fsp3) is 0.516. The highest BCUT2D eigenvalue weighted by Crippen LogP contribution is 2.41. The molecular weight excluding hydrogens is 510 g/mol. The molecular formula is C31H43N3O6. The van der Waals surface area contributed by atoms with Gasteiger partial charge in [0.25, 0.3) is 0 Å². The molecule has 0 aromatic heterocycles. The first-order chi connectivity index (χ1) is 18.9. The van der Waals surface area contributed by atoms with Crippen molar-refractivity contribution < 1.29 is 29.3 Å². The SMILES string of the molecule is CCCCCNC(=O)C(c1cccc(O)c1)N(C(=O)C(Cc1ccc(O)cc1)NC(=O)OC(C)(C)C)C1CC1C. The van der Waals surface area contributed by atoms with E-state index in [1.54, 1.807) is 49.9 Å². The number of phenols is 2. The molecule has 1 aliphatic rings. The number of aromatic hydroxyl groups is 2. The third-order valence-corrected chi connectivity index (χ3v) is 6.84. The van der Waals surface area contributed by atoms with Crippen molar-refractivity contribution in [1.29, 1.82) is 0 Å². The molecule has 1 fully saturated rings. The molecule has 4 unspecified atom stereocenters. The molecule has 2 aromatic rings. The lowest BCUT2D eigenvalue weighted by Gasteiger charge is -2.35. The minimum absolute atomic E-state index is 0.00921. The van der Waals surface area contributed by atoms with Crippen LogP contribution in [0, 0.1) is 5.92 Å². The average molecular weight is 554 g/mol.